The fourth-order valence-corrected chi connectivity index (χ4v) is 3.11. The van der Waals surface area contributed by atoms with E-state index in [1.165, 1.54) is 0 Å². The molecule has 8 heteroatoms. The molecular weight excluding hydrogens is 308 g/mol. The average molecular weight is 334 g/mol. The summed E-state index contributed by atoms with van der Waals surface area (Å²) in [7, 11) is 0. The van der Waals surface area contributed by atoms with Crippen LogP contribution < -0.4 is 10.2 Å². The fraction of sp³-hybridized carbons (Fsp3) is 0.688. The molecule has 132 valence electrons. The molecule has 2 aliphatic rings. The van der Waals surface area contributed by atoms with Crippen LogP contribution >= 0.6 is 0 Å². The van der Waals surface area contributed by atoms with Crippen molar-refractivity contribution in [3.8, 4) is 0 Å². The van der Waals surface area contributed by atoms with E-state index in [4.69, 9.17) is 4.74 Å². The molecule has 0 saturated carbocycles. The smallest absolute Gasteiger partial charge is 0.317 e. The molecule has 0 aromatic carbocycles. The van der Waals surface area contributed by atoms with E-state index in [9.17, 15) is 4.79 Å². The van der Waals surface area contributed by atoms with Crippen molar-refractivity contribution in [1.82, 2.24) is 25.1 Å². The summed E-state index contributed by atoms with van der Waals surface area (Å²) < 4.78 is 5.35. The molecule has 0 aliphatic carbocycles. The highest BCUT2D eigenvalue weighted by Gasteiger charge is 2.23. The first-order chi connectivity index (χ1) is 11.7. The molecule has 0 bridgehead atoms. The number of piperazine rings is 1. The van der Waals surface area contributed by atoms with Crippen LogP contribution in [0.3, 0.4) is 0 Å². The lowest BCUT2D eigenvalue weighted by molar-refractivity contribution is 0.0346. The Morgan fingerprint density at radius 1 is 1.21 bits per heavy atom. The second kappa shape index (κ2) is 8.25. The molecule has 1 atom stereocenters. The van der Waals surface area contributed by atoms with Crippen molar-refractivity contribution in [2.75, 3.05) is 63.9 Å². The Balaban J connectivity index is 1.41. The summed E-state index contributed by atoms with van der Waals surface area (Å²) in [6.45, 7) is 9.34. The van der Waals surface area contributed by atoms with E-state index in [1.54, 1.807) is 18.6 Å². The molecule has 0 radical (unpaired) electrons. The lowest BCUT2D eigenvalue weighted by Crippen LogP contribution is -2.55. The molecule has 1 aromatic rings. The van der Waals surface area contributed by atoms with Gasteiger partial charge in [-0.25, -0.2) is 9.78 Å². The van der Waals surface area contributed by atoms with Crippen molar-refractivity contribution in [1.29, 1.82) is 0 Å². The molecule has 2 amide bonds. The van der Waals surface area contributed by atoms with Crippen molar-refractivity contribution in [2.45, 2.75) is 13.0 Å². The number of nitrogens with zero attached hydrogens (tertiary/aromatic N) is 5. The van der Waals surface area contributed by atoms with Gasteiger partial charge in [0.1, 0.15) is 5.82 Å². The van der Waals surface area contributed by atoms with Gasteiger partial charge in [-0.3, -0.25) is 9.88 Å². The van der Waals surface area contributed by atoms with Crippen LogP contribution in [-0.2, 0) is 4.74 Å². The van der Waals surface area contributed by atoms with E-state index in [1.807, 2.05) is 4.90 Å². The van der Waals surface area contributed by atoms with Crippen LogP contribution in [-0.4, -0.2) is 90.9 Å². The zero-order chi connectivity index (χ0) is 16.8. The molecule has 2 aliphatic heterocycles. The number of amides is 2. The number of ether oxygens (including phenoxy) is 1. The van der Waals surface area contributed by atoms with Gasteiger partial charge < -0.3 is 19.9 Å². The Hall–Kier alpha value is -1.93. The van der Waals surface area contributed by atoms with Gasteiger partial charge in [-0.2, -0.15) is 0 Å². The van der Waals surface area contributed by atoms with Gasteiger partial charge in [0.25, 0.3) is 0 Å². The van der Waals surface area contributed by atoms with Gasteiger partial charge in [-0.05, 0) is 6.92 Å². The SMILES string of the molecule is CC(CN1CCOCC1)NC(=O)N1CCN(c2cnccn2)CC1. The van der Waals surface area contributed by atoms with Crippen molar-refractivity contribution in [3.05, 3.63) is 18.6 Å². The van der Waals surface area contributed by atoms with Crippen LogP contribution in [0.1, 0.15) is 6.92 Å². The monoisotopic (exact) mass is 334 g/mol. The Labute approximate surface area is 142 Å². The highest BCUT2D eigenvalue weighted by atomic mass is 16.5. The van der Waals surface area contributed by atoms with Gasteiger partial charge in [0.15, 0.2) is 0 Å². The fourth-order valence-electron chi connectivity index (χ4n) is 3.11. The third kappa shape index (κ3) is 4.55. The van der Waals surface area contributed by atoms with E-state index < -0.39 is 0 Å². The number of aromatic nitrogens is 2. The predicted octanol–water partition coefficient (Wildman–Crippen LogP) is 0.0289. The molecular formula is C16H26N6O2. The molecule has 2 fully saturated rings. The Kier molecular flexibility index (Phi) is 5.81. The molecule has 0 spiro atoms. The number of hydrogen-bond donors (Lipinski definition) is 1. The predicted molar refractivity (Wildman–Crippen MR) is 91.1 cm³/mol. The maximum Gasteiger partial charge on any atom is 0.317 e. The number of urea groups is 1. The number of anilines is 1. The van der Waals surface area contributed by atoms with Gasteiger partial charge in [-0.1, -0.05) is 0 Å². The van der Waals surface area contributed by atoms with Crippen LogP contribution in [0, 0.1) is 0 Å². The molecule has 3 rings (SSSR count). The van der Waals surface area contributed by atoms with Gasteiger partial charge >= 0.3 is 6.03 Å². The van der Waals surface area contributed by atoms with E-state index >= 15 is 0 Å². The topological polar surface area (TPSA) is 73.8 Å². The zero-order valence-corrected chi connectivity index (χ0v) is 14.2. The highest BCUT2D eigenvalue weighted by Crippen LogP contribution is 2.11. The molecule has 1 N–H and O–H groups in total. The Morgan fingerprint density at radius 2 is 1.96 bits per heavy atom. The highest BCUT2D eigenvalue weighted by molar-refractivity contribution is 5.74. The van der Waals surface area contributed by atoms with Crippen molar-refractivity contribution >= 4 is 11.8 Å². The number of rotatable bonds is 4. The number of carbonyl (C=O) groups excluding carboxylic acids is 1. The summed E-state index contributed by atoms with van der Waals surface area (Å²) in [5.41, 5.74) is 0. The third-order valence-corrected chi connectivity index (χ3v) is 4.45. The Morgan fingerprint density at radius 3 is 2.62 bits per heavy atom. The molecule has 8 nitrogen and oxygen atoms in total. The van der Waals surface area contributed by atoms with Crippen LogP contribution in [0.25, 0.3) is 0 Å². The first-order valence-electron chi connectivity index (χ1n) is 8.59. The van der Waals surface area contributed by atoms with Gasteiger partial charge in [0, 0.05) is 64.2 Å². The van der Waals surface area contributed by atoms with Gasteiger partial charge in [-0.15, -0.1) is 0 Å². The quantitative estimate of drug-likeness (QED) is 0.837. The number of hydrogen-bond acceptors (Lipinski definition) is 6. The van der Waals surface area contributed by atoms with Crippen molar-refractivity contribution < 1.29 is 9.53 Å². The largest absolute Gasteiger partial charge is 0.379 e. The molecule has 3 heterocycles. The number of nitrogens with one attached hydrogen (secondary N) is 1. The second-order valence-electron chi connectivity index (χ2n) is 6.30. The summed E-state index contributed by atoms with van der Waals surface area (Å²) in [4.78, 5) is 27.2. The Bertz CT molecular complexity index is 515. The first-order valence-corrected chi connectivity index (χ1v) is 8.59. The first kappa shape index (κ1) is 16.9. The second-order valence-corrected chi connectivity index (χ2v) is 6.30. The maximum absolute atomic E-state index is 12.4. The molecule has 1 unspecified atom stereocenters. The molecule has 24 heavy (non-hydrogen) atoms. The minimum absolute atomic E-state index is 0.0227. The van der Waals surface area contributed by atoms with E-state index in [2.05, 4.69) is 32.0 Å². The number of carbonyl (C=O) groups is 1. The average Bonchev–Trinajstić information content (AvgIpc) is 2.63. The summed E-state index contributed by atoms with van der Waals surface area (Å²) in [6.07, 6.45) is 5.13. The van der Waals surface area contributed by atoms with E-state index in [0.717, 1.165) is 51.8 Å². The van der Waals surface area contributed by atoms with Crippen LogP contribution in [0.4, 0.5) is 10.6 Å². The van der Waals surface area contributed by atoms with Crippen molar-refractivity contribution in [3.63, 3.8) is 0 Å². The normalized spacial score (nSPS) is 20.7. The number of morpholine rings is 1. The van der Waals surface area contributed by atoms with Gasteiger partial charge in [0.05, 0.1) is 19.4 Å². The summed E-state index contributed by atoms with van der Waals surface area (Å²) in [6, 6.07) is 0.156. The van der Waals surface area contributed by atoms with E-state index in [0.29, 0.717) is 13.1 Å². The van der Waals surface area contributed by atoms with E-state index in [-0.39, 0.29) is 12.1 Å². The molecule has 2 saturated heterocycles. The molecule has 1 aromatic heterocycles. The van der Waals surface area contributed by atoms with Crippen LogP contribution in [0.2, 0.25) is 0 Å². The minimum atomic E-state index is 0.0227. The maximum atomic E-state index is 12.4. The van der Waals surface area contributed by atoms with Gasteiger partial charge in [0.2, 0.25) is 0 Å². The third-order valence-electron chi connectivity index (χ3n) is 4.45. The van der Waals surface area contributed by atoms with Crippen LogP contribution in [0.15, 0.2) is 18.6 Å². The lowest BCUT2D eigenvalue weighted by atomic mass is 10.3. The lowest BCUT2D eigenvalue weighted by Gasteiger charge is -2.36. The zero-order valence-electron chi connectivity index (χ0n) is 14.2. The van der Waals surface area contributed by atoms with Crippen LogP contribution in [0.5, 0.6) is 0 Å². The standard InChI is InChI=1S/C16H26N6O2/c1-14(13-20-8-10-24-11-9-20)19-16(23)22-6-4-21(5-7-22)15-12-17-2-3-18-15/h2-3,12,14H,4-11,13H2,1H3,(H,19,23). The summed E-state index contributed by atoms with van der Waals surface area (Å²) in [5.74, 6) is 0.873. The van der Waals surface area contributed by atoms with Crippen molar-refractivity contribution in [2.24, 2.45) is 0 Å². The minimum Gasteiger partial charge on any atom is -0.379 e. The summed E-state index contributed by atoms with van der Waals surface area (Å²) in [5, 5.41) is 3.11. The summed E-state index contributed by atoms with van der Waals surface area (Å²) >= 11 is 0.